The van der Waals surface area contributed by atoms with Crippen molar-refractivity contribution in [3.05, 3.63) is 47.6 Å². The van der Waals surface area contributed by atoms with Crippen LogP contribution in [0.15, 0.2) is 46.8 Å². The first-order valence-corrected chi connectivity index (χ1v) is 8.66. The number of nitrogens with zero attached hydrogens (tertiary/aromatic N) is 2. The molecule has 4 rings (SSSR count). The summed E-state index contributed by atoms with van der Waals surface area (Å²) in [5.74, 6) is 1.99. The minimum Gasteiger partial charge on any atom is -0.497 e. The van der Waals surface area contributed by atoms with E-state index in [1.54, 1.807) is 32.4 Å². The van der Waals surface area contributed by atoms with Gasteiger partial charge in [-0.1, -0.05) is 0 Å². The van der Waals surface area contributed by atoms with Crippen molar-refractivity contribution < 1.29 is 19.7 Å². The van der Waals surface area contributed by atoms with Crippen molar-refractivity contribution in [1.29, 1.82) is 0 Å². The number of ether oxygens (including phenoxy) is 2. The lowest BCUT2D eigenvalue weighted by Gasteiger charge is -2.24. The maximum Gasteiger partial charge on any atom is 0.145 e. The second-order valence-corrected chi connectivity index (χ2v) is 6.86. The minimum absolute atomic E-state index is 0.264. The van der Waals surface area contributed by atoms with E-state index in [1.807, 2.05) is 19.1 Å². The van der Waals surface area contributed by atoms with Gasteiger partial charge in [-0.3, -0.25) is 4.99 Å². The van der Waals surface area contributed by atoms with E-state index in [1.165, 1.54) is 0 Å². The fourth-order valence-electron chi connectivity index (χ4n) is 3.33. The number of hydrogen-bond donors (Lipinski definition) is 4. The first-order chi connectivity index (χ1) is 12.9. The standard InChI is InChI=1S/C19H22N4O4/c1-19-7-6-11(27-3)9-14(19)22-18(23-19)16(25)15(24)17-20-12-5-4-10(26-2)8-13(12)21-17/h4-6,8-9,15-16,24-25H,7H2,1-3H3,(H,20,21)(H,22,23). The van der Waals surface area contributed by atoms with Crippen molar-refractivity contribution >= 4 is 16.9 Å². The summed E-state index contributed by atoms with van der Waals surface area (Å²) in [6, 6.07) is 5.36. The van der Waals surface area contributed by atoms with Crippen LogP contribution in [-0.2, 0) is 4.74 Å². The Labute approximate surface area is 156 Å². The number of rotatable bonds is 5. The number of aliphatic imine (C=N–C) groups is 1. The van der Waals surface area contributed by atoms with Crippen LogP contribution in [0, 0.1) is 0 Å². The fourth-order valence-corrected chi connectivity index (χ4v) is 3.33. The van der Waals surface area contributed by atoms with Crippen LogP contribution in [0.5, 0.6) is 5.75 Å². The zero-order valence-corrected chi connectivity index (χ0v) is 15.4. The molecular formula is C19H22N4O4. The third kappa shape index (κ3) is 2.96. The van der Waals surface area contributed by atoms with Gasteiger partial charge in [0.15, 0.2) is 0 Å². The number of hydrogen-bond acceptors (Lipinski definition) is 7. The molecule has 0 amide bonds. The lowest BCUT2D eigenvalue weighted by Crippen LogP contribution is -2.36. The monoisotopic (exact) mass is 370 g/mol. The quantitative estimate of drug-likeness (QED) is 0.635. The molecule has 4 N–H and O–H groups in total. The molecule has 1 aliphatic heterocycles. The van der Waals surface area contributed by atoms with Crippen molar-refractivity contribution in [2.45, 2.75) is 31.1 Å². The van der Waals surface area contributed by atoms with E-state index in [2.05, 4.69) is 20.3 Å². The molecule has 1 aromatic heterocycles. The van der Waals surface area contributed by atoms with Crippen LogP contribution < -0.4 is 10.1 Å². The molecule has 2 aromatic rings. The molecule has 0 radical (unpaired) electrons. The number of imidazole rings is 1. The molecule has 3 unspecified atom stereocenters. The number of allylic oxidation sites excluding steroid dienone is 1. The maximum absolute atomic E-state index is 10.7. The SMILES string of the molecule is COC1=CCC2(C)N=C(C(O)C(O)c3nc4ccc(OC)cc4[nH]3)NC2=C1. The first-order valence-electron chi connectivity index (χ1n) is 8.66. The van der Waals surface area contributed by atoms with E-state index in [4.69, 9.17) is 9.47 Å². The van der Waals surface area contributed by atoms with Gasteiger partial charge in [0.05, 0.1) is 25.3 Å². The molecule has 8 nitrogen and oxygen atoms in total. The number of nitrogens with one attached hydrogen (secondary N) is 2. The Hall–Kier alpha value is -2.84. The van der Waals surface area contributed by atoms with Crippen molar-refractivity contribution in [1.82, 2.24) is 15.3 Å². The summed E-state index contributed by atoms with van der Waals surface area (Å²) in [5.41, 5.74) is 1.72. The Balaban J connectivity index is 1.58. The summed E-state index contributed by atoms with van der Waals surface area (Å²) in [5, 5.41) is 24.4. The van der Waals surface area contributed by atoms with Crippen molar-refractivity contribution in [3.8, 4) is 5.75 Å². The maximum atomic E-state index is 10.7. The smallest absolute Gasteiger partial charge is 0.145 e. The van der Waals surface area contributed by atoms with Gasteiger partial charge in [0.2, 0.25) is 0 Å². The van der Waals surface area contributed by atoms with E-state index in [0.29, 0.717) is 29.0 Å². The molecule has 1 aliphatic carbocycles. The topological polar surface area (TPSA) is 112 Å². The molecule has 2 heterocycles. The molecule has 3 atom stereocenters. The predicted octanol–water partition coefficient (Wildman–Crippen LogP) is 1.54. The molecule has 8 heteroatoms. The Morgan fingerprint density at radius 1 is 1.19 bits per heavy atom. The second-order valence-electron chi connectivity index (χ2n) is 6.86. The number of aromatic amines is 1. The van der Waals surface area contributed by atoms with Crippen LogP contribution in [-0.4, -0.2) is 51.9 Å². The molecular weight excluding hydrogens is 348 g/mol. The molecule has 27 heavy (non-hydrogen) atoms. The summed E-state index contributed by atoms with van der Waals surface area (Å²) >= 11 is 0. The summed E-state index contributed by atoms with van der Waals surface area (Å²) in [6.07, 6.45) is 1.95. The number of aliphatic hydroxyl groups is 2. The average molecular weight is 370 g/mol. The molecule has 1 aromatic carbocycles. The van der Waals surface area contributed by atoms with Crippen LogP contribution in [0.25, 0.3) is 11.0 Å². The van der Waals surface area contributed by atoms with E-state index in [-0.39, 0.29) is 5.82 Å². The summed E-state index contributed by atoms with van der Waals surface area (Å²) in [7, 11) is 3.19. The Bertz CT molecular complexity index is 977. The number of amidine groups is 1. The van der Waals surface area contributed by atoms with Gasteiger partial charge >= 0.3 is 0 Å². The van der Waals surface area contributed by atoms with E-state index < -0.39 is 17.7 Å². The van der Waals surface area contributed by atoms with Gasteiger partial charge in [0.1, 0.15) is 40.9 Å². The highest BCUT2D eigenvalue weighted by Crippen LogP contribution is 2.35. The van der Waals surface area contributed by atoms with Gasteiger partial charge in [0.25, 0.3) is 0 Å². The first kappa shape index (κ1) is 17.6. The number of aromatic nitrogens is 2. The summed E-state index contributed by atoms with van der Waals surface area (Å²) < 4.78 is 10.5. The molecule has 0 saturated carbocycles. The van der Waals surface area contributed by atoms with Gasteiger partial charge in [-0.2, -0.15) is 0 Å². The molecule has 0 bridgehead atoms. The summed E-state index contributed by atoms with van der Waals surface area (Å²) in [6.45, 7) is 1.97. The van der Waals surface area contributed by atoms with Gasteiger partial charge in [0, 0.05) is 17.8 Å². The zero-order valence-electron chi connectivity index (χ0n) is 15.4. The van der Waals surface area contributed by atoms with Gasteiger partial charge in [-0.25, -0.2) is 4.98 Å². The largest absolute Gasteiger partial charge is 0.497 e. The van der Waals surface area contributed by atoms with Crippen LogP contribution in [0.1, 0.15) is 25.3 Å². The third-order valence-electron chi connectivity index (χ3n) is 5.00. The third-order valence-corrected chi connectivity index (χ3v) is 5.00. The van der Waals surface area contributed by atoms with Crippen LogP contribution >= 0.6 is 0 Å². The van der Waals surface area contributed by atoms with Crippen LogP contribution in [0.3, 0.4) is 0 Å². The lowest BCUT2D eigenvalue weighted by molar-refractivity contribution is 0.0530. The molecule has 0 fully saturated rings. The second kappa shape index (κ2) is 6.40. The van der Waals surface area contributed by atoms with Gasteiger partial charge < -0.3 is 30.0 Å². The molecule has 0 spiro atoms. The number of benzene rings is 1. The highest BCUT2D eigenvalue weighted by molar-refractivity contribution is 5.92. The average Bonchev–Trinajstić information content (AvgIpc) is 3.25. The number of H-pyrrole nitrogens is 1. The zero-order chi connectivity index (χ0) is 19.2. The lowest BCUT2D eigenvalue weighted by atomic mass is 9.91. The highest BCUT2D eigenvalue weighted by Gasteiger charge is 2.40. The van der Waals surface area contributed by atoms with Gasteiger partial charge in [-0.05, 0) is 31.6 Å². The van der Waals surface area contributed by atoms with Gasteiger partial charge in [-0.15, -0.1) is 0 Å². The minimum atomic E-state index is -1.26. The molecule has 2 aliphatic rings. The number of fused-ring (bicyclic) bond motifs is 2. The van der Waals surface area contributed by atoms with E-state index in [0.717, 1.165) is 11.5 Å². The Morgan fingerprint density at radius 2 is 2.00 bits per heavy atom. The van der Waals surface area contributed by atoms with Crippen molar-refractivity contribution in [2.75, 3.05) is 14.2 Å². The van der Waals surface area contributed by atoms with E-state index >= 15 is 0 Å². The molecule has 142 valence electrons. The van der Waals surface area contributed by atoms with Crippen molar-refractivity contribution in [2.24, 2.45) is 4.99 Å². The Morgan fingerprint density at radius 3 is 2.74 bits per heavy atom. The highest BCUT2D eigenvalue weighted by atomic mass is 16.5. The normalized spacial score (nSPS) is 23.7. The van der Waals surface area contributed by atoms with Crippen molar-refractivity contribution in [3.63, 3.8) is 0 Å². The molecule has 0 saturated heterocycles. The van der Waals surface area contributed by atoms with Crippen LogP contribution in [0.2, 0.25) is 0 Å². The summed E-state index contributed by atoms with van der Waals surface area (Å²) in [4.78, 5) is 12.0. The van der Waals surface area contributed by atoms with E-state index in [9.17, 15) is 10.2 Å². The van der Waals surface area contributed by atoms with Crippen LogP contribution in [0.4, 0.5) is 0 Å². The number of methoxy groups -OCH3 is 2. The number of aliphatic hydroxyl groups excluding tert-OH is 2. The fraction of sp³-hybridized carbons (Fsp3) is 0.368. The Kier molecular flexibility index (Phi) is 4.16. The predicted molar refractivity (Wildman–Crippen MR) is 100 cm³/mol.